The molecule has 0 aliphatic heterocycles. The van der Waals surface area contributed by atoms with Crippen molar-refractivity contribution in [2.24, 2.45) is 17.3 Å². The molecule has 2 aliphatic carbocycles. The molecule has 1 fully saturated rings. The third-order valence-electron chi connectivity index (χ3n) is 5.91. The Bertz CT molecular complexity index is 724. The summed E-state index contributed by atoms with van der Waals surface area (Å²) in [5.41, 5.74) is 3.68. The van der Waals surface area contributed by atoms with Crippen LogP contribution in [0.2, 0.25) is 0 Å². The summed E-state index contributed by atoms with van der Waals surface area (Å²) >= 11 is 0. The van der Waals surface area contributed by atoms with E-state index in [-0.39, 0.29) is 11.3 Å². The summed E-state index contributed by atoms with van der Waals surface area (Å²) in [5.74, 6) is 1.61. The summed E-state index contributed by atoms with van der Waals surface area (Å²) in [6.07, 6.45) is 5.40. The molecule has 1 N–H and O–H groups in total. The van der Waals surface area contributed by atoms with E-state index in [1.54, 1.807) is 0 Å². The Kier molecular flexibility index (Phi) is 2.64. The minimum atomic E-state index is -0.177. The van der Waals surface area contributed by atoms with Crippen LogP contribution >= 0.6 is 0 Å². The first-order valence-electron chi connectivity index (χ1n) is 8.12. The van der Waals surface area contributed by atoms with Gasteiger partial charge in [-0.05, 0) is 48.3 Å². The molecule has 0 spiro atoms. The summed E-state index contributed by atoms with van der Waals surface area (Å²) in [6.45, 7) is 6.57. The van der Waals surface area contributed by atoms with Crippen LogP contribution in [0, 0.1) is 17.3 Å². The number of nitrogens with one attached hydrogen (secondary N) is 1. The monoisotopic (exact) mass is 281 g/mol. The number of carbonyl (C=O) groups is 1. The molecule has 1 saturated carbocycles. The van der Waals surface area contributed by atoms with Gasteiger partial charge in [0.2, 0.25) is 0 Å². The van der Waals surface area contributed by atoms with E-state index in [0.717, 1.165) is 12.8 Å². The van der Waals surface area contributed by atoms with E-state index in [9.17, 15) is 4.79 Å². The predicted octanol–water partition coefficient (Wildman–Crippen LogP) is 4.45. The first-order chi connectivity index (χ1) is 9.99. The fourth-order valence-corrected chi connectivity index (χ4v) is 4.62. The van der Waals surface area contributed by atoms with Crippen LogP contribution in [0.5, 0.6) is 0 Å². The molecule has 2 heteroatoms. The highest BCUT2D eigenvalue weighted by Crippen LogP contribution is 2.51. The van der Waals surface area contributed by atoms with Gasteiger partial charge in [-0.3, -0.25) is 4.79 Å². The summed E-state index contributed by atoms with van der Waals surface area (Å²) in [7, 11) is 0. The number of aromatic nitrogens is 1. The molecule has 4 rings (SSSR count). The number of fused-ring (bicyclic) bond motifs is 2. The Morgan fingerprint density at radius 1 is 1.29 bits per heavy atom. The Balaban J connectivity index is 1.97. The van der Waals surface area contributed by atoms with Crippen molar-refractivity contribution in [2.75, 3.05) is 0 Å². The van der Waals surface area contributed by atoms with E-state index >= 15 is 0 Å². The third kappa shape index (κ3) is 1.74. The lowest BCUT2D eigenvalue weighted by Gasteiger charge is -2.41. The van der Waals surface area contributed by atoms with Crippen LogP contribution in [0.4, 0.5) is 0 Å². The molecule has 0 unspecified atom stereocenters. The van der Waals surface area contributed by atoms with Gasteiger partial charge in [-0.1, -0.05) is 32.9 Å². The molecule has 3 atom stereocenters. The van der Waals surface area contributed by atoms with Gasteiger partial charge in [-0.25, -0.2) is 0 Å². The largest absolute Gasteiger partial charge is 0.361 e. The lowest BCUT2D eigenvalue weighted by Crippen LogP contribution is -2.40. The quantitative estimate of drug-likeness (QED) is 0.760. The van der Waals surface area contributed by atoms with Gasteiger partial charge in [-0.15, -0.1) is 0 Å². The Labute approximate surface area is 125 Å². The summed E-state index contributed by atoms with van der Waals surface area (Å²) in [5, 5.41) is 1.32. The van der Waals surface area contributed by atoms with Crippen LogP contribution in [-0.4, -0.2) is 10.8 Å². The van der Waals surface area contributed by atoms with Crippen molar-refractivity contribution in [1.29, 1.82) is 0 Å². The first-order valence-corrected chi connectivity index (χ1v) is 8.12. The molecule has 0 amide bonds. The van der Waals surface area contributed by atoms with E-state index in [2.05, 4.69) is 50.2 Å². The third-order valence-corrected chi connectivity index (χ3v) is 5.91. The second-order valence-corrected chi connectivity index (χ2v) is 7.69. The fraction of sp³-hybridized carbons (Fsp3) is 0.526. The van der Waals surface area contributed by atoms with Gasteiger partial charge in [0.1, 0.15) is 5.78 Å². The number of H-pyrrole nitrogens is 1. The fourth-order valence-electron chi connectivity index (χ4n) is 4.62. The average molecular weight is 281 g/mol. The maximum atomic E-state index is 13.1. The van der Waals surface area contributed by atoms with Crippen molar-refractivity contribution in [2.45, 2.75) is 46.0 Å². The SMILES string of the molecule is C[C@H]1Cc2cccc3[nH]cc(c23)[C@@H]2C(=O)C(C)(C)CC[C@@H]12. The van der Waals surface area contributed by atoms with Crippen molar-refractivity contribution in [3.05, 3.63) is 35.5 Å². The molecule has 2 nitrogen and oxygen atoms in total. The van der Waals surface area contributed by atoms with Crippen LogP contribution in [0.1, 0.15) is 50.7 Å². The number of rotatable bonds is 0. The second-order valence-electron chi connectivity index (χ2n) is 7.69. The van der Waals surface area contributed by atoms with Crippen molar-refractivity contribution in [1.82, 2.24) is 4.98 Å². The summed E-state index contributed by atoms with van der Waals surface area (Å²) in [6, 6.07) is 6.50. The van der Waals surface area contributed by atoms with Crippen molar-refractivity contribution >= 4 is 16.7 Å². The van der Waals surface area contributed by atoms with Gasteiger partial charge in [0.25, 0.3) is 0 Å². The molecule has 110 valence electrons. The molecule has 2 aromatic rings. The highest BCUT2D eigenvalue weighted by Gasteiger charge is 2.47. The zero-order valence-electron chi connectivity index (χ0n) is 13.1. The van der Waals surface area contributed by atoms with Gasteiger partial charge in [0.05, 0.1) is 0 Å². The highest BCUT2D eigenvalue weighted by atomic mass is 16.1. The summed E-state index contributed by atoms with van der Waals surface area (Å²) < 4.78 is 0. The van der Waals surface area contributed by atoms with Gasteiger partial charge < -0.3 is 4.98 Å². The van der Waals surface area contributed by atoms with Crippen LogP contribution in [0.15, 0.2) is 24.4 Å². The van der Waals surface area contributed by atoms with Crippen molar-refractivity contribution in [3.63, 3.8) is 0 Å². The van der Waals surface area contributed by atoms with E-state index in [0.29, 0.717) is 17.6 Å². The highest BCUT2D eigenvalue weighted by molar-refractivity contribution is 5.98. The smallest absolute Gasteiger partial charge is 0.146 e. The predicted molar refractivity (Wildman–Crippen MR) is 85.4 cm³/mol. The minimum Gasteiger partial charge on any atom is -0.361 e. The van der Waals surface area contributed by atoms with Gasteiger partial charge in [0.15, 0.2) is 0 Å². The molecule has 21 heavy (non-hydrogen) atoms. The Morgan fingerprint density at radius 3 is 2.90 bits per heavy atom. The molecule has 2 aliphatic rings. The number of hydrogen-bond donors (Lipinski definition) is 1. The van der Waals surface area contributed by atoms with Gasteiger partial charge in [-0.2, -0.15) is 0 Å². The molecular weight excluding hydrogens is 258 g/mol. The Morgan fingerprint density at radius 2 is 2.10 bits per heavy atom. The van der Waals surface area contributed by atoms with Crippen LogP contribution < -0.4 is 0 Å². The molecule has 1 heterocycles. The number of aromatic amines is 1. The van der Waals surface area contributed by atoms with E-state index in [1.165, 1.54) is 28.5 Å². The number of carbonyl (C=O) groups excluding carboxylic acids is 1. The summed E-state index contributed by atoms with van der Waals surface area (Å²) in [4.78, 5) is 16.5. The normalized spacial score (nSPS) is 31.0. The van der Waals surface area contributed by atoms with Gasteiger partial charge in [0, 0.05) is 28.4 Å². The maximum Gasteiger partial charge on any atom is 0.146 e. The van der Waals surface area contributed by atoms with Crippen molar-refractivity contribution < 1.29 is 4.79 Å². The van der Waals surface area contributed by atoms with Crippen LogP contribution in [-0.2, 0) is 11.2 Å². The van der Waals surface area contributed by atoms with Crippen LogP contribution in [0.25, 0.3) is 10.9 Å². The molecule has 0 bridgehead atoms. The number of hydrogen-bond acceptors (Lipinski definition) is 1. The lowest BCUT2D eigenvalue weighted by molar-refractivity contribution is -0.134. The lowest BCUT2D eigenvalue weighted by atomic mass is 9.61. The van der Waals surface area contributed by atoms with E-state index in [4.69, 9.17) is 0 Å². The molecule has 1 aromatic heterocycles. The maximum absolute atomic E-state index is 13.1. The van der Waals surface area contributed by atoms with Crippen LogP contribution in [0.3, 0.4) is 0 Å². The zero-order valence-corrected chi connectivity index (χ0v) is 13.1. The zero-order chi connectivity index (χ0) is 14.8. The van der Waals surface area contributed by atoms with Gasteiger partial charge >= 0.3 is 0 Å². The van der Waals surface area contributed by atoms with Crippen molar-refractivity contribution in [3.8, 4) is 0 Å². The number of ketones is 1. The number of Topliss-reactive ketones (excluding diaryl/α,β-unsaturated/α-hetero) is 1. The molecular formula is C19H23NO. The Hall–Kier alpha value is -1.57. The standard InChI is InChI=1S/C19H23NO/c1-11-9-12-5-4-6-15-16(12)14(10-20-15)17-13(11)7-8-19(2,3)18(17)21/h4-6,10-11,13,17,20H,7-9H2,1-3H3/t11-,13-,17+/m0/s1. The second kappa shape index (κ2) is 4.22. The van der Waals surface area contributed by atoms with E-state index < -0.39 is 0 Å². The first kappa shape index (κ1) is 13.1. The minimum absolute atomic E-state index is 0.0844. The molecule has 0 saturated heterocycles. The number of benzene rings is 1. The molecule has 1 aromatic carbocycles. The topological polar surface area (TPSA) is 32.9 Å². The van der Waals surface area contributed by atoms with E-state index in [1.807, 2.05) is 0 Å². The average Bonchev–Trinajstić information content (AvgIpc) is 2.81. The molecule has 0 radical (unpaired) electrons.